The van der Waals surface area contributed by atoms with Crippen molar-refractivity contribution >= 4 is 17.8 Å². The summed E-state index contributed by atoms with van der Waals surface area (Å²) in [6, 6.07) is 3.79. The number of aliphatic carboxylic acids is 2. The molecule has 1 saturated heterocycles. The summed E-state index contributed by atoms with van der Waals surface area (Å²) in [6.45, 7) is 3.61. The van der Waals surface area contributed by atoms with Crippen molar-refractivity contribution in [3.8, 4) is 0 Å². The van der Waals surface area contributed by atoms with Gasteiger partial charge in [-0.1, -0.05) is 0 Å². The Morgan fingerprint density at radius 2 is 1.40 bits per heavy atom. The molecule has 0 atom stereocenters. The zero-order valence-electron chi connectivity index (χ0n) is 15.3. The lowest BCUT2D eigenvalue weighted by molar-refractivity contribution is -0.193. The first-order chi connectivity index (χ1) is 13.7. The summed E-state index contributed by atoms with van der Waals surface area (Å²) < 4.78 is 63.5. The molecule has 14 heteroatoms. The van der Waals surface area contributed by atoms with Gasteiger partial charge in [-0.25, -0.2) is 9.59 Å². The first-order valence-corrected chi connectivity index (χ1v) is 8.22. The van der Waals surface area contributed by atoms with E-state index >= 15 is 0 Å². The van der Waals surface area contributed by atoms with E-state index in [1.807, 2.05) is 17.0 Å². The molecule has 170 valence electrons. The van der Waals surface area contributed by atoms with Gasteiger partial charge in [0.25, 0.3) is 0 Å². The fraction of sp³-hybridized carbons (Fsp3) is 0.500. The van der Waals surface area contributed by atoms with Crippen LogP contribution in [0, 0.1) is 0 Å². The highest BCUT2D eigenvalue weighted by molar-refractivity contribution is 5.78. The molecule has 3 N–H and O–H groups in total. The van der Waals surface area contributed by atoms with E-state index in [0.29, 0.717) is 6.42 Å². The van der Waals surface area contributed by atoms with Crippen molar-refractivity contribution in [3.05, 3.63) is 30.1 Å². The largest absolute Gasteiger partial charge is 0.490 e. The maximum Gasteiger partial charge on any atom is 0.490 e. The zero-order chi connectivity index (χ0) is 23.4. The number of carboxylic acids is 2. The average Bonchev–Trinajstić information content (AvgIpc) is 2.91. The number of carbonyl (C=O) groups is 3. The van der Waals surface area contributed by atoms with Crippen LogP contribution in [0.1, 0.15) is 12.0 Å². The number of nitrogens with one attached hydrogen (secondary N) is 1. The van der Waals surface area contributed by atoms with Gasteiger partial charge in [0.1, 0.15) is 0 Å². The second-order valence-corrected chi connectivity index (χ2v) is 5.62. The lowest BCUT2D eigenvalue weighted by Crippen LogP contribution is -2.35. The molecule has 0 spiro atoms. The topological polar surface area (TPSA) is 120 Å². The van der Waals surface area contributed by atoms with Crippen molar-refractivity contribution in [2.24, 2.45) is 0 Å². The quantitative estimate of drug-likeness (QED) is 0.591. The molecular formula is C16H19F6N3O5. The Morgan fingerprint density at radius 3 is 1.83 bits per heavy atom. The minimum atomic E-state index is -5.08. The van der Waals surface area contributed by atoms with Gasteiger partial charge < -0.3 is 20.4 Å². The zero-order valence-corrected chi connectivity index (χ0v) is 15.3. The third kappa shape index (κ3) is 12.5. The summed E-state index contributed by atoms with van der Waals surface area (Å²) in [6.07, 6.45) is -5.18. The molecule has 1 fully saturated rings. The summed E-state index contributed by atoms with van der Waals surface area (Å²) in [4.78, 5) is 35.7. The van der Waals surface area contributed by atoms with E-state index in [9.17, 15) is 31.1 Å². The van der Waals surface area contributed by atoms with Crippen LogP contribution in [0.3, 0.4) is 0 Å². The second kappa shape index (κ2) is 12.6. The number of rotatable bonds is 2. The molecule has 0 radical (unpaired) electrons. The summed E-state index contributed by atoms with van der Waals surface area (Å²) >= 11 is 0. The number of nitrogens with zero attached hydrogens (tertiary/aromatic N) is 2. The molecule has 30 heavy (non-hydrogen) atoms. The van der Waals surface area contributed by atoms with E-state index < -0.39 is 24.3 Å². The van der Waals surface area contributed by atoms with Gasteiger partial charge in [0.05, 0.1) is 6.42 Å². The molecule has 1 aliphatic rings. The Balaban J connectivity index is 0.000000503. The van der Waals surface area contributed by atoms with Crippen molar-refractivity contribution in [1.82, 2.24) is 15.2 Å². The van der Waals surface area contributed by atoms with Gasteiger partial charge in [-0.2, -0.15) is 26.3 Å². The van der Waals surface area contributed by atoms with Crippen LogP contribution < -0.4 is 5.32 Å². The molecule has 1 aliphatic heterocycles. The van der Waals surface area contributed by atoms with Crippen molar-refractivity contribution in [2.75, 3.05) is 26.2 Å². The first kappa shape index (κ1) is 27.1. The Labute approximate surface area is 166 Å². The molecular weight excluding hydrogens is 428 g/mol. The van der Waals surface area contributed by atoms with Gasteiger partial charge >= 0.3 is 24.3 Å². The van der Waals surface area contributed by atoms with E-state index in [1.54, 1.807) is 12.4 Å². The highest BCUT2D eigenvalue weighted by atomic mass is 19.4. The number of aromatic nitrogens is 1. The number of carboxylic acid groups (broad SMARTS) is 2. The Morgan fingerprint density at radius 1 is 0.933 bits per heavy atom. The van der Waals surface area contributed by atoms with E-state index in [-0.39, 0.29) is 5.91 Å². The van der Waals surface area contributed by atoms with Gasteiger partial charge in [-0.15, -0.1) is 0 Å². The third-order valence-corrected chi connectivity index (χ3v) is 3.28. The van der Waals surface area contributed by atoms with Crippen molar-refractivity contribution in [2.45, 2.75) is 25.2 Å². The van der Waals surface area contributed by atoms with E-state index in [1.165, 1.54) is 0 Å². The molecule has 1 aromatic heterocycles. The average molecular weight is 447 g/mol. The van der Waals surface area contributed by atoms with Gasteiger partial charge in [0.2, 0.25) is 5.91 Å². The Bertz CT molecular complexity index is 650. The highest BCUT2D eigenvalue weighted by Gasteiger charge is 2.38. The second-order valence-electron chi connectivity index (χ2n) is 5.62. The Kier molecular flexibility index (Phi) is 11.4. The van der Waals surface area contributed by atoms with Crippen LogP contribution in [0.4, 0.5) is 26.3 Å². The van der Waals surface area contributed by atoms with Crippen LogP contribution in [0.5, 0.6) is 0 Å². The molecule has 1 amide bonds. The lowest BCUT2D eigenvalue weighted by Gasteiger charge is -2.19. The summed E-state index contributed by atoms with van der Waals surface area (Å²) in [7, 11) is 0. The molecule has 0 bridgehead atoms. The van der Waals surface area contributed by atoms with Crippen LogP contribution in [-0.4, -0.2) is 76.5 Å². The van der Waals surface area contributed by atoms with Crippen molar-refractivity contribution in [1.29, 1.82) is 0 Å². The third-order valence-electron chi connectivity index (χ3n) is 3.28. The molecule has 0 aliphatic carbocycles. The normalized spacial score (nSPS) is 14.3. The minimum Gasteiger partial charge on any atom is -0.475 e. The standard InChI is InChI=1S/C12H17N3O.2C2HF3O2/c16-12(10-11-2-5-14-6-3-11)15-8-1-4-13-7-9-15;2*3-2(4,5)1(6)7/h2-3,5-6,13H,1,4,7-10H2;2*(H,6,7). The van der Waals surface area contributed by atoms with Crippen LogP contribution >= 0.6 is 0 Å². The maximum absolute atomic E-state index is 12.0. The van der Waals surface area contributed by atoms with Gasteiger partial charge in [0.15, 0.2) is 0 Å². The summed E-state index contributed by atoms with van der Waals surface area (Å²) in [5.74, 6) is -5.30. The molecule has 1 aromatic rings. The first-order valence-electron chi connectivity index (χ1n) is 8.22. The number of halogens is 6. The molecule has 0 saturated carbocycles. The number of carbonyl (C=O) groups excluding carboxylic acids is 1. The predicted molar refractivity (Wildman–Crippen MR) is 89.4 cm³/mol. The van der Waals surface area contributed by atoms with E-state index in [0.717, 1.165) is 38.2 Å². The number of pyridine rings is 1. The monoisotopic (exact) mass is 447 g/mol. The van der Waals surface area contributed by atoms with Crippen LogP contribution in [-0.2, 0) is 20.8 Å². The van der Waals surface area contributed by atoms with Crippen molar-refractivity contribution in [3.63, 3.8) is 0 Å². The fourth-order valence-electron chi connectivity index (χ4n) is 1.88. The van der Waals surface area contributed by atoms with Gasteiger partial charge in [0, 0.05) is 32.0 Å². The summed E-state index contributed by atoms with van der Waals surface area (Å²) in [5.41, 5.74) is 1.04. The van der Waals surface area contributed by atoms with Crippen LogP contribution in [0.15, 0.2) is 24.5 Å². The lowest BCUT2D eigenvalue weighted by atomic mass is 10.2. The SMILES string of the molecule is O=C(Cc1ccncc1)N1CCCNCC1.O=C(O)C(F)(F)F.O=C(O)C(F)(F)F. The van der Waals surface area contributed by atoms with E-state index in [2.05, 4.69) is 10.3 Å². The summed E-state index contributed by atoms with van der Waals surface area (Å²) in [5, 5.41) is 17.5. The Hall–Kier alpha value is -2.90. The van der Waals surface area contributed by atoms with Gasteiger partial charge in [-0.3, -0.25) is 9.78 Å². The van der Waals surface area contributed by atoms with Gasteiger partial charge in [-0.05, 0) is 30.7 Å². The van der Waals surface area contributed by atoms with Crippen LogP contribution in [0.25, 0.3) is 0 Å². The molecule has 0 unspecified atom stereocenters. The molecule has 0 aromatic carbocycles. The number of amides is 1. The maximum atomic E-state index is 12.0. The predicted octanol–water partition coefficient (Wildman–Crippen LogP) is 1.71. The fourth-order valence-corrected chi connectivity index (χ4v) is 1.88. The molecule has 8 nitrogen and oxygen atoms in total. The minimum absolute atomic E-state index is 0.218. The van der Waals surface area contributed by atoms with Crippen molar-refractivity contribution < 1.29 is 50.9 Å². The molecule has 2 rings (SSSR count). The molecule has 2 heterocycles. The van der Waals surface area contributed by atoms with E-state index in [4.69, 9.17) is 19.8 Å². The number of hydrogen-bond acceptors (Lipinski definition) is 5. The smallest absolute Gasteiger partial charge is 0.475 e. The highest BCUT2D eigenvalue weighted by Crippen LogP contribution is 2.13. The number of hydrogen-bond donors (Lipinski definition) is 3. The van der Waals surface area contributed by atoms with Crippen LogP contribution in [0.2, 0.25) is 0 Å². The number of alkyl halides is 6.